The summed E-state index contributed by atoms with van der Waals surface area (Å²) in [6, 6.07) is 3.95. The van der Waals surface area contributed by atoms with E-state index in [0.717, 1.165) is 12.2 Å². The van der Waals surface area contributed by atoms with Crippen molar-refractivity contribution in [2.24, 2.45) is 11.7 Å². The lowest BCUT2D eigenvalue weighted by molar-refractivity contribution is 0.414. The highest BCUT2D eigenvalue weighted by molar-refractivity contribution is 6.32. The van der Waals surface area contributed by atoms with Gasteiger partial charge in [-0.15, -0.1) is 0 Å². The molecule has 1 aromatic carbocycles. The Bertz CT molecular complexity index is 339. The Morgan fingerprint density at radius 2 is 2.13 bits per heavy atom. The molecule has 0 saturated heterocycles. The molecule has 2 nitrogen and oxygen atoms in total. The van der Waals surface area contributed by atoms with Crippen molar-refractivity contribution in [3.05, 3.63) is 28.3 Å². The second-order valence-electron chi connectivity index (χ2n) is 3.96. The Labute approximate surface area is 96.4 Å². The van der Waals surface area contributed by atoms with E-state index in [-0.39, 0.29) is 0 Å². The third-order valence-electron chi connectivity index (χ3n) is 2.58. The molecule has 0 aromatic heterocycles. The van der Waals surface area contributed by atoms with Crippen molar-refractivity contribution in [2.75, 3.05) is 13.7 Å². The summed E-state index contributed by atoms with van der Waals surface area (Å²) in [6.07, 6.45) is 0.964. The van der Waals surface area contributed by atoms with Crippen molar-refractivity contribution in [3.8, 4) is 5.75 Å². The molecule has 1 unspecified atom stereocenters. The molecule has 0 saturated carbocycles. The lowest BCUT2D eigenvalue weighted by atomic mass is 9.97. The molecule has 2 N–H and O–H groups in total. The van der Waals surface area contributed by atoms with E-state index in [0.29, 0.717) is 17.5 Å². The molecule has 0 heterocycles. The summed E-state index contributed by atoms with van der Waals surface area (Å²) < 4.78 is 5.16. The highest BCUT2D eigenvalue weighted by atomic mass is 35.5. The van der Waals surface area contributed by atoms with Crippen LogP contribution in [0, 0.1) is 12.8 Å². The first-order valence-electron chi connectivity index (χ1n) is 5.11. The van der Waals surface area contributed by atoms with Crippen LogP contribution in [0.25, 0.3) is 0 Å². The molecule has 1 aromatic rings. The summed E-state index contributed by atoms with van der Waals surface area (Å²) in [5, 5.41) is 0.669. The van der Waals surface area contributed by atoms with Crippen molar-refractivity contribution in [3.63, 3.8) is 0 Å². The molecule has 0 fully saturated rings. The maximum absolute atomic E-state index is 6.07. The van der Waals surface area contributed by atoms with Gasteiger partial charge in [0.2, 0.25) is 0 Å². The van der Waals surface area contributed by atoms with Crippen molar-refractivity contribution in [2.45, 2.75) is 20.3 Å². The molecule has 15 heavy (non-hydrogen) atoms. The number of hydrogen-bond donors (Lipinski definition) is 1. The Morgan fingerprint density at radius 1 is 1.47 bits per heavy atom. The minimum Gasteiger partial charge on any atom is -0.495 e. The fraction of sp³-hybridized carbons (Fsp3) is 0.500. The van der Waals surface area contributed by atoms with Gasteiger partial charge in [0.05, 0.1) is 12.1 Å². The molecule has 0 spiro atoms. The topological polar surface area (TPSA) is 35.2 Å². The zero-order valence-electron chi connectivity index (χ0n) is 9.51. The quantitative estimate of drug-likeness (QED) is 0.859. The zero-order valence-corrected chi connectivity index (χ0v) is 10.3. The first-order chi connectivity index (χ1) is 7.08. The molecule has 1 rings (SSSR count). The van der Waals surface area contributed by atoms with Crippen LogP contribution in [-0.4, -0.2) is 13.7 Å². The normalized spacial score (nSPS) is 12.6. The predicted octanol–water partition coefficient (Wildman–Crippen LogP) is 2.79. The number of ether oxygens (including phenoxy) is 1. The highest BCUT2D eigenvalue weighted by Crippen LogP contribution is 2.28. The van der Waals surface area contributed by atoms with E-state index >= 15 is 0 Å². The SMILES string of the molecule is COc1cc(C)c(CC(C)CN)cc1Cl. The standard InChI is InChI=1S/C12H18ClNO/c1-8(7-14)4-10-6-11(13)12(15-3)5-9(10)2/h5-6,8H,4,7,14H2,1-3H3. The summed E-state index contributed by atoms with van der Waals surface area (Å²) >= 11 is 6.07. The van der Waals surface area contributed by atoms with Crippen LogP contribution >= 0.6 is 11.6 Å². The Balaban J connectivity index is 2.95. The van der Waals surface area contributed by atoms with Crippen LogP contribution in [0.5, 0.6) is 5.75 Å². The van der Waals surface area contributed by atoms with Crippen molar-refractivity contribution in [1.82, 2.24) is 0 Å². The fourth-order valence-corrected chi connectivity index (χ4v) is 1.79. The molecule has 0 bridgehead atoms. The summed E-state index contributed by atoms with van der Waals surface area (Å²) in [7, 11) is 1.63. The zero-order chi connectivity index (χ0) is 11.4. The maximum Gasteiger partial charge on any atom is 0.137 e. The number of nitrogens with two attached hydrogens (primary N) is 1. The van der Waals surface area contributed by atoms with Gasteiger partial charge in [-0.3, -0.25) is 0 Å². The highest BCUT2D eigenvalue weighted by Gasteiger charge is 2.08. The fourth-order valence-electron chi connectivity index (χ4n) is 1.53. The van der Waals surface area contributed by atoms with E-state index < -0.39 is 0 Å². The Morgan fingerprint density at radius 3 is 2.67 bits per heavy atom. The monoisotopic (exact) mass is 227 g/mol. The van der Waals surface area contributed by atoms with E-state index in [2.05, 4.69) is 13.8 Å². The number of benzene rings is 1. The van der Waals surface area contributed by atoms with Crippen LogP contribution in [0.1, 0.15) is 18.1 Å². The average Bonchev–Trinajstić information content (AvgIpc) is 2.22. The number of halogens is 1. The van der Waals surface area contributed by atoms with Crippen molar-refractivity contribution < 1.29 is 4.74 Å². The van der Waals surface area contributed by atoms with Gasteiger partial charge < -0.3 is 10.5 Å². The van der Waals surface area contributed by atoms with Crippen molar-refractivity contribution in [1.29, 1.82) is 0 Å². The first kappa shape index (κ1) is 12.3. The molecular weight excluding hydrogens is 210 g/mol. The number of methoxy groups -OCH3 is 1. The predicted molar refractivity (Wildman–Crippen MR) is 64.7 cm³/mol. The van der Waals surface area contributed by atoms with E-state index in [1.165, 1.54) is 11.1 Å². The third-order valence-corrected chi connectivity index (χ3v) is 2.88. The van der Waals surface area contributed by atoms with Gasteiger partial charge in [-0.25, -0.2) is 0 Å². The number of rotatable bonds is 4. The van der Waals surface area contributed by atoms with Crippen LogP contribution in [0.2, 0.25) is 5.02 Å². The van der Waals surface area contributed by atoms with E-state index in [1.54, 1.807) is 7.11 Å². The first-order valence-corrected chi connectivity index (χ1v) is 5.49. The van der Waals surface area contributed by atoms with Crippen molar-refractivity contribution >= 4 is 11.6 Å². The molecule has 3 heteroatoms. The van der Waals surface area contributed by atoms with Crippen LogP contribution in [0.3, 0.4) is 0 Å². The van der Waals surface area contributed by atoms with Gasteiger partial charge in [0.25, 0.3) is 0 Å². The van der Waals surface area contributed by atoms with Crippen LogP contribution < -0.4 is 10.5 Å². The molecule has 0 amide bonds. The van der Waals surface area contributed by atoms with Gasteiger partial charge in [-0.1, -0.05) is 18.5 Å². The van der Waals surface area contributed by atoms with Gasteiger partial charge in [0.15, 0.2) is 0 Å². The third kappa shape index (κ3) is 3.11. The number of aryl methyl sites for hydroxylation is 1. The Kier molecular flexibility index (Phi) is 4.43. The smallest absolute Gasteiger partial charge is 0.137 e. The molecule has 0 aliphatic carbocycles. The van der Waals surface area contributed by atoms with E-state index in [1.807, 2.05) is 12.1 Å². The average molecular weight is 228 g/mol. The molecule has 0 aliphatic heterocycles. The summed E-state index contributed by atoms with van der Waals surface area (Å²) in [4.78, 5) is 0. The van der Waals surface area contributed by atoms with Gasteiger partial charge >= 0.3 is 0 Å². The second-order valence-corrected chi connectivity index (χ2v) is 4.37. The van der Waals surface area contributed by atoms with Gasteiger partial charge in [-0.2, -0.15) is 0 Å². The molecule has 84 valence electrons. The second kappa shape index (κ2) is 5.38. The minimum absolute atomic E-state index is 0.480. The molecular formula is C12H18ClNO. The van der Waals surface area contributed by atoms with Gasteiger partial charge in [-0.05, 0) is 49.1 Å². The molecule has 0 radical (unpaired) electrons. The van der Waals surface area contributed by atoms with Gasteiger partial charge in [0, 0.05) is 0 Å². The molecule has 1 atom stereocenters. The summed E-state index contributed by atoms with van der Waals surface area (Å²) in [6.45, 7) is 4.90. The van der Waals surface area contributed by atoms with E-state index in [9.17, 15) is 0 Å². The van der Waals surface area contributed by atoms with Gasteiger partial charge in [0.1, 0.15) is 5.75 Å². The minimum atomic E-state index is 0.480. The maximum atomic E-state index is 6.07. The Hall–Kier alpha value is -0.730. The van der Waals surface area contributed by atoms with Crippen LogP contribution in [0.15, 0.2) is 12.1 Å². The van der Waals surface area contributed by atoms with Crippen LogP contribution in [-0.2, 0) is 6.42 Å². The lowest BCUT2D eigenvalue weighted by Gasteiger charge is -2.13. The summed E-state index contributed by atoms with van der Waals surface area (Å²) in [5.74, 6) is 1.21. The van der Waals surface area contributed by atoms with E-state index in [4.69, 9.17) is 22.1 Å². The van der Waals surface area contributed by atoms with Crippen LogP contribution in [0.4, 0.5) is 0 Å². The summed E-state index contributed by atoms with van der Waals surface area (Å²) in [5.41, 5.74) is 8.06. The number of hydrogen-bond acceptors (Lipinski definition) is 2. The lowest BCUT2D eigenvalue weighted by Crippen LogP contribution is -2.13. The molecule has 0 aliphatic rings. The largest absolute Gasteiger partial charge is 0.495 e.